The summed E-state index contributed by atoms with van der Waals surface area (Å²) in [7, 11) is -3.67. The zero-order valence-electron chi connectivity index (χ0n) is 16.8. The van der Waals surface area contributed by atoms with E-state index in [1.54, 1.807) is 0 Å². The van der Waals surface area contributed by atoms with E-state index in [2.05, 4.69) is 40.9 Å². The molecule has 0 aromatic heterocycles. The second-order valence-electron chi connectivity index (χ2n) is 8.53. The molecule has 3 aliphatic rings. The zero-order chi connectivity index (χ0) is 19.9. The van der Waals surface area contributed by atoms with Crippen LogP contribution in [-0.4, -0.2) is 44.2 Å². The van der Waals surface area contributed by atoms with E-state index in [-0.39, 0.29) is 0 Å². The molecule has 1 saturated carbocycles. The van der Waals surface area contributed by atoms with Crippen LogP contribution >= 0.6 is 0 Å². The molecule has 4 rings (SSSR count). The summed E-state index contributed by atoms with van der Waals surface area (Å²) >= 11 is 0. The van der Waals surface area contributed by atoms with Crippen LogP contribution in [0.25, 0.3) is 0 Å². The number of nitrogens with zero attached hydrogens (tertiary/aromatic N) is 1. The van der Waals surface area contributed by atoms with Crippen LogP contribution in [0.5, 0.6) is 0 Å². The lowest BCUT2D eigenvalue weighted by atomic mass is 9.82. The minimum Gasteiger partial charge on any atom is -0.307 e. The summed E-state index contributed by atoms with van der Waals surface area (Å²) < 4.78 is 27.7. The van der Waals surface area contributed by atoms with Gasteiger partial charge in [-0.05, 0) is 86.7 Å². The molecule has 2 amide bonds. The van der Waals surface area contributed by atoms with Gasteiger partial charge in [-0.3, -0.25) is 0 Å². The van der Waals surface area contributed by atoms with Gasteiger partial charge in [-0.1, -0.05) is 26.0 Å². The van der Waals surface area contributed by atoms with Crippen molar-refractivity contribution in [3.8, 4) is 0 Å². The Balaban J connectivity index is 1.46. The van der Waals surface area contributed by atoms with E-state index in [0.717, 1.165) is 43.7 Å². The van der Waals surface area contributed by atoms with Crippen LogP contribution in [0.1, 0.15) is 62.1 Å². The first-order valence-corrected chi connectivity index (χ1v) is 12.1. The molecule has 28 heavy (non-hydrogen) atoms. The van der Waals surface area contributed by atoms with Crippen molar-refractivity contribution in [1.29, 1.82) is 0 Å². The number of anilines is 1. The Bertz CT molecular complexity index is 856. The molecular formula is C21H31N3O3S. The smallest absolute Gasteiger partial charge is 0.307 e. The number of rotatable bonds is 6. The first-order chi connectivity index (χ1) is 13.4. The second-order valence-corrected chi connectivity index (χ2v) is 10.5. The molecule has 1 aliphatic heterocycles. The number of benzene rings is 1. The van der Waals surface area contributed by atoms with Crippen molar-refractivity contribution in [2.24, 2.45) is 5.92 Å². The minimum atomic E-state index is -3.67. The highest BCUT2D eigenvalue weighted by atomic mass is 32.2. The molecule has 154 valence electrons. The fourth-order valence-corrected chi connectivity index (χ4v) is 5.88. The number of hydrogen-bond acceptors (Lipinski definition) is 4. The van der Waals surface area contributed by atoms with E-state index < -0.39 is 21.3 Å². The Hall–Kier alpha value is -1.60. The standard InChI is InChI=1S/C21H31N3O3S/c1-3-24-12-10-17(11-13-24)28(26,27)23-21(25)22-20-18(14(2)15-4-5-15)8-6-16-7-9-19(16)20/h6,8,14-15,17H,3-5,7,9-13H2,1-2H3,(H2,22,23,25). The van der Waals surface area contributed by atoms with E-state index in [0.29, 0.717) is 24.7 Å². The lowest BCUT2D eigenvalue weighted by Gasteiger charge is -2.31. The third-order valence-corrected chi connectivity index (χ3v) is 8.62. The van der Waals surface area contributed by atoms with Crippen LogP contribution in [0, 0.1) is 5.92 Å². The molecule has 1 heterocycles. The van der Waals surface area contributed by atoms with Gasteiger partial charge in [0.1, 0.15) is 0 Å². The summed E-state index contributed by atoms with van der Waals surface area (Å²) in [6.07, 6.45) is 5.57. The summed E-state index contributed by atoms with van der Waals surface area (Å²) in [5.74, 6) is 1.06. The monoisotopic (exact) mass is 405 g/mol. The van der Waals surface area contributed by atoms with E-state index in [9.17, 15) is 13.2 Å². The van der Waals surface area contributed by atoms with Gasteiger partial charge in [0.2, 0.25) is 10.0 Å². The second kappa shape index (κ2) is 7.67. The number of carbonyl (C=O) groups is 1. The van der Waals surface area contributed by atoms with Gasteiger partial charge >= 0.3 is 6.03 Å². The highest BCUT2D eigenvalue weighted by molar-refractivity contribution is 7.90. The van der Waals surface area contributed by atoms with Gasteiger partial charge < -0.3 is 10.2 Å². The largest absolute Gasteiger partial charge is 0.332 e. The van der Waals surface area contributed by atoms with E-state index in [1.165, 1.54) is 24.0 Å². The van der Waals surface area contributed by atoms with Crippen molar-refractivity contribution in [2.45, 2.75) is 63.5 Å². The van der Waals surface area contributed by atoms with Crippen molar-refractivity contribution >= 4 is 21.7 Å². The summed E-state index contributed by atoms with van der Waals surface area (Å²) in [6, 6.07) is 3.66. The molecule has 1 saturated heterocycles. The Labute approximate surface area is 168 Å². The van der Waals surface area contributed by atoms with Crippen LogP contribution < -0.4 is 10.0 Å². The number of fused-ring (bicyclic) bond motifs is 1. The van der Waals surface area contributed by atoms with Crippen LogP contribution in [-0.2, 0) is 22.9 Å². The Morgan fingerprint density at radius 3 is 2.46 bits per heavy atom. The zero-order valence-corrected chi connectivity index (χ0v) is 17.6. The molecule has 1 atom stereocenters. The van der Waals surface area contributed by atoms with Gasteiger partial charge in [0, 0.05) is 5.69 Å². The molecular weight excluding hydrogens is 374 g/mol. The summed E-state index contributed by atoms with van der Waals surface area (Å²) in [6.45, 7) is 6.75. The van der Waals surface area contributed by atoms with E-state index in [1.807, 2.05) is 0 Å². The van der Waals surface area contributed by atoms with Crippen molar-refractivity contribution < 1.29 is 13.2 Å². The van der Waals surface area contributed by atoms with Crippen LogP contribution in [0.2, 0.25) is 0 Å². The van der Waals surface area contributed by atoms with Crippen LogP contribution in [0.4, 0.5) is 10.5 Å². The number of hydrogen-bond donors (Lipinski definition) is 2. The highest BCUT2D eigenvalue weighted by Crippen LogP contribution is 2.46. The normalized spacial score (nSPS) is 21.5. The fraction of sp³-hybridized carbons (Fsp3) is 0.667. The predicted octanol–water partition coefficient (Wildman–Crippen LogP) is 3.23. The summed E-state index contributed by atoms with van der Waals surface area (Å²) in [5, 5.41) is 2.41. The molecule has 2 N–H and O–H groups in total. The maximum absolute atomic E-state index is 12.7. The molecule has 0 bridgehead atoms. The molecule has 7 heteroatoms. The number of nitrogens with one attached hydrogen (secondary N) is 2. The topological polar surface area (TPSA) is 78.5 Å². The Morgan fingerprint density at radius 2 is 1.89 bits per heavy atom. The average molecular weight is 406 g/mol. The fourth-order valence-electron chi connectivity index (χ4n) is 4.58. The van der Waals surface area contributed by atoms with Gasteiger partial charge in [-0.2, -0.15) is 0 Å². The first-order valence-electron chi connectivity index (χ1n) is 10.6. The van der Waals surface area contributed by atoms with Crippen molar-refractivity contribution in [2.75, 3.05) is 25.0 Å². The van der Waals surface area contributed by atoms with Crippen molar-refractivity contribution in [3.05, 3.63) is 28.8 Å². The molecule has 2 fully saturated rings. The lowest BCUT2D eigenvalue weighted by Crippen LogP contribution is -2.46. The maximum atomic E-state index is 12.7. The summed E-state index contributed by atoms with van der Waals surface area (Å²) in [4.78, 5) is 14.9. The molecule has 1 aromatic carbocycles. The van der Waals surface area contributed by atoms with Gasteiger partial charge in [-0.15, -0.1) is 0 Å². The molecule has 0 radical (unpaired) electrons. The molecule has 1 unspecified atom stereocenters. The average Bonchev–Trinajstić information content (AvgIpc) is 3.47. The summed E-state index contributed by atoms with van der Waals surface area (Å²) in [5.41, 5.74) is 4.42. The maximum Gasteiger partial charge on any atom is 0.332 e. The highest BCUT2D eigenvalue weighted by Gasteiger charge is 2.34. The van der Waals surface area contributed by atoms with Crippen LogP contribution in [0.15, 0.2) is 12.1 Å². The van der Waals surface area contributed by atoms with Gasteiger partial charge in [0.05, 0.1) is 5.25 Å². The van der Waals surface area contributed by atoms with Crippen molar-refractivity contribution in [3.63, 3.8) is 0 Å². The Morgan fingerprint density at radius 1 is 1.18 bits per heavy atom. The third kappa shape index (κ3) is 3.92. The first kappa shape index (κ1) is 19.7. The predicted molar refractivity (Wildman–Crippen MR) is 111 cm³/mol. The molecule has 1 aromatic rings. The lowest BCUT2D eigenvalue weighted by molar-refractivity contribution is 0.240. The number of likely N-dealkylation sites (tertiary alicyclic amines) is 1. The number of piperidine rings is 1. The van der Waals surface area contributed by atoms with Crippen molar-refractivity contribution in [1.82, 2.24) is 9.62 Å². The van der Waals surface area contributed by atoms with Gasteiger partial charge in [0.15, 0.2) is 0 Å². The Kier molecular flexibility index (Phi) is 5.40. The van der Waals surface area contributed by atoms with E-state index >= 15 is 0 Å². The quantitative estimate of drug-likeness (QED) is 0.762. The molecule has 0 spiro atoms. The van der Waals surface area contributed by atoms with E-state index in [4.69, 9.17) is 0 Å². The number of urea groups is 1. The van der Waals surface area contributed by atoms with Crippen LogP contribution in [0.3, 0.4) is 0 Å². The third-order valence-electron chi connectivity index (χ3n) is 6.80. The van der Waals surface area contributed by atoms with Gasteiger partial charge in [0.25, 0.3) is 0 Å². The number of amides is 2. The SMILES string of the molecule is CCN1CCC(S(=O)(=O)NC(=O)Nc2c(C(C)C3CC3)ccc3c2CC3)CC1. The minimum absolute atomic E-state index is 0.385. The molecule has 6 nitrogen and oxygen atoms in total. The molecule has 2 aliphatic carbocycles. The number of aryl methyl sites for hydroxylation is 1. The number of carbonyl (C=O) groups excluding carboxylic acids is 1. The van der Waals surface area contributed by atoms with Gasteiger partial charge in [-0.25, -0.2) is 17.9 Å². The number of sulfonamides is 1.